The summed E-state index contributed by atoms with van der Waals surface area (Å²) in [6, 6.07) is 4.92. The maximum absolute atomic E-state index is 12.0. The third-order valence-corrected chi connectivity index (χ3v) is 5.52. The zero-order chi connectivity index (χ0) is 20.7. The van der Waals surface area contributed by atoms with Gasteiger partial charge in [-0.2, -0.15) is 0 Å². The number of nitrogens with one attached hydrogen (secondary N) is 1. The quantitative estimate of drug-likeness (QED) is 0.650. The van der Waals surface area contributed by atoms with E-state index in [4.69, 9.17) is 22.7 Å². The summed E-state index contributed by atoms with van der Waals surface area (Å²) in [5.41, 5.74) is 6.67. The maximum atomic E-state index is 12.0. The lowest BCUT2D eigenvalue weighted by Crippen LogP contribution is -2.42. The van der Waals surface area contributed by atoms with E-state index >= 15 is 0 Å². The molecule has 0 spiro atoms. The Morgan fingerprint density at radius 2 is 2.03 bits per heavy atom. The Balaban J connectivity index is 1.85. The van der Waals surface area contributed by atoms with Crippen LogP contribution in [0.1, 0.15) is 28.3 Å². The number of carboxylic acid groups (broad SMARTS) is 1. The van der Waals surface area contributed by atoms with Gasteiger partial charge in [0.25, 0.3) is 0 Å². The molecule has 7 nitrogen and oxygen atoms in total. The van der Waals surface area contributed by atoms with Crippen molar-refractivity contribution in [3.63, 3.8) is 0 Å². The fraction of sp³-hybridized carbons (Fsp3) is 0.238. The Bertz CT molecular complexity index is 1030. The average molecular weight is 410 g/mol. The number of hydrogen-bond donors (Lipinski definition) is 3. The van der Waals surface area contributed by atoms with E-state index in [9.17, 15) is 19.5 Å². The second kappa shape index (κ2) is 7.29. The second-order valence-corrected chi connectivity index (χ2v) is 7.66. The number of benzene rings is 1. The van der Waals surface area contributed by atoms with E-state index < -0.39 is 12.1 Å². The van der Waals surface area contributed by atoms with Crippen molar-refractivity contribution in [3.8, 4) is 0 Å². The standard InChI is InChI=1S/C21H18N2O5S/c22-21(29)23-10-1-4-13(16(7-10)20(26)27)19-14-5-2-11(24)8-17(14)28-18-9-12(25)3-6-15(18)19/h1-8,14-15,18-19H,9H2,(H,26,27)(H3,22,23,29). The number of anilines is 1. The topological polar surface area (TPSA) is 119 Å². The maximum Gasteiger partial charge on any atom is 0.336 e. The first-order valence-corrected chi connectivity index (χ1v) is 9.49. The van der Waals surface area contributed by atoms with Crippen molar-refractivity contribution in [3.05, 3.63) is 65.5 Å². The molecular weight excluding hydrogens is 392 g/mol. The van der Waals surface area contributed by atoms with Gasteiger partial charge in [-0.15, -0.1) is 0 Å². The highest BCUT2D eigenvalue weighted by Gasteiger charge is 2.46. The number of carboxylic acids is 1. The molecule has 1 aromatic rings. The van der Waals surface area contributed by atoms with Crippen LogP contribution in [0.3, 0.4) is 0 Å². The summed E-state index contributed by atoms with van der Waals surface area (Å²) in [7, 11) is 0. The normalized spacial score (nSPS) is 27.4. The molecule has 4 N–H and O–H groups in total. The van der Waals surface area contributed by atoms with Gasteiger partial charge in [-0.1, -0.05) is 18.2 Å². The zero-order valence-corrected chi connectivity index (χ0v) is 16.0. The molecule has 148 valence electrons. The van der Waals surface area contributed by atoms with E-state index in [-0.39, 0.29) is 46.4 Å². The van der Waals surface area contributed by atoms with Crippen molar-refractivity contribution < 1.29 is 24.2 Å². The molecule has 0 aromatic heterocycles. The van der Waals surface area contributed by atoms with Crippen LogP contribution in [0.2, 0.25) is 0 Å². The number of ether oxygens (including phenoxy) is 1. The van der Waals surface area contributed by atoms with Crippen LogP contribution in [0, 0.1) is 11.8 Å². The highest BCUT2D eigenvalue weighted by atomic mass is 32.1. The van der Waals surface area contributed by atoms with Crippen LogP contribution in [0.4, 0.5) is 5.69 Å². The van der Waals surface area contributed by atoms with E-state index in [1.54, 1.807) is 24.3 Å². The van der Waals surface area contributed by atoms with Crippen LogP contribution < -0.4 is 11.1 Å². The van der Waals surface area contributed by atoms with E-state index in [2.05, 4.69) is 5.32 Å². The molecule has 0 saturated carbocycles. The molecule has 1 heterocycles. The largest absolute Gasteiger partial charge is 0.493 e. The predicted molar refractivity (Wildman–Crippen MR) is 109 cm³/mol. The molecule has 1 fully saturated rings. The first kappa shape index (κ1) is 19.1. The van der Waals surface area contributed by atoms with Crippen molar-refractivity contribution in [1.82, 2.24) is 0 Å². The second-order valence-electron chi connectivity index (χ2n) is 7.22. The summed E-state index contributed by atoms with van der Waals surface area (Å²) >= 11 is 4.83. The summed E-state index contributed by atoms with van der Waals surface area (Å²) in [4.78, 5) is 35.8. The first-order chi connectivity index (χ1) is 13.8. The van der Waals surface area contributed by atoms with Gasteiger partial charge in [0.2, 0.25) is 0 Å². The first-order valence-electron chi connectivity index (χ1n) is 9.08. The van der Waals surface area contributed by atoms with Crippen LogP contribution in [0.25, 0.3) is 0 Å². The number of hydrogen-bond acceptors (Lipinski definition) is 5. The molecule has 1 aromatic carbocycles. The van der Waals surface area contributed by atoms with Gasteiger partial charge >= 0.3 is 5.97 Å². The van der Waals surface area contributed by atoms with Gasteiger partial charge in [0.05, 0.1) is 5.56 Å². The molecule has 4 unspecified atom stereocenters. The molecule has 1 saturated heterocycles. The number of fused-ring (bicyclic) bond motifs is 2. The van der Waals surface area contributed by atoms with Crippen molar-refractivity contribution in [1.29, 1.82) is 0 Å². The summed E-state index contributed by atoms with van der Waals surface area (Å²) in [6.45, 7) is 0. The number of ketones is 2. The minimum atomic E-state index is -1.09. The summed E-state index contributed by atoms with van der Waals surface area (Å²) in [5, 5.41) is 12.6. The molecule has 8 heteroatoms. The molecule has 0 bridgehead atoms. The van der Waals surface area contributed by atoms with Crippen LogP contribution in [0.5, 0.6) is 0 Å². The van der Waals surface area contributed by atoms with E-state index in [1.165, 1.54) is 24.3 Å². The van der Waals surface area contributed by atoms with Crippen LogP contribution in [-0.4, -0.2) is 33.9 Å². The van der Waals surface area contributed by atoms with Gasteiger partial charge in [-0.05, 0) is 42.1 Å². The van der Waals surface area contributed by atoms with Crippen molar-refractivity contribution >= 4 is 40.6 Å². The van der Waals surface area contributed by atoms with Crippen molar-refractivity contribution in [2.24, 2.45) is 17.6 Å². The zero-order valence-electron chi connectivity index (χ0n) is 15.2. The van der Waals surface area contributed by atoms with Gasteiger partial charge in [-0.25, -0.2) is 4.79 Å². The summed E-state index contributed by atoms with van der Waals surface area (Å²) in [5.74, 6) is -1.70. The number of rotatable bonds is 3. The molecule has 1 aliphatic heterocycles. The molecule has 3 aliphatic rings. The Morgan fingerprint density at radius 3 is 2.76 bits per heavy atom. The Labute approximate surface area is 171 Å². The molecule has 4 rings (SSSR count). The third-order valence-electron chi connectivity index (χ3n) is 5.42. The monoisotopic (exact) mass is 410 g/mol. The Morgan fingerprint density at radius 1 is 1.24 bits per heavy atom. The molecule has 29 heavy (non-hydrogen) atoms. The van der Waals surface area contributed by atoms with Crippen LogP contribution >= 0.6 is 12.2 Å². The fourth-order valence-electron chi connectivity index (χ4n) is 4.27. The number of carbonyl (C=O) groups is 3. The minimum Gasteiger partial charge on any atom is -0.493 e. The summed E-state index contributed by atoms with van der Waals surface area (Å²) < 4.78 is 5.99. The van der Waals surface area contributed by atoms with Gasteiger partial charge in [0.15, 0.2) is 16.7 Å². The van der Waals surface area contributed by atoms with Gasteiger partial charge < -0.3 is 20.9 Å². The van der Waals surface area contributed by atoms with Crippen molar-refractivity contribution in [2.45, 2.75) is 18.4 Å². The third kappa shape index (κ3) is 3.58. The Kier molecular flexibility index (Phi) is 4.79. The highest BCUT2D eigenvalue weighted by molar-refractivity contribution is 7.80. The van der Waals surface area contributed by atoms with Crippen molar-refractivity contribution in [2.75, 3.05) is 5.32 Å². The number of allylic oxidation sites excluding steroid dienone is 4. The van der Waals surface area contributed by atoms with E-state index in [0.717, 1.165) is 0 Å². The van der Waals surface area contributed by atoms with Crippen LogP contribution in [0.15, 0.2) is 54.3 Å². The predicted octanol–water partition coefficient (Wildman–Crippen LogP) is 2.31. The average Bonchev–Trinajstić information content (AvgIpc) is 2.65. The molecule has 0 radical (unpaired) electrons. The molecule has 4 atom stereocenters. The van der Waals surface area contributed by atoms with Crippen LogP contribution in [-0.2, 0) is 14.3 Å². The molecular formula is C21H18N2O5S. The minimum absolute atomic E-state index is 0.0351. The van der Waals surface area contributed by atoms with Gasteiger partial charge in [-0.3, -0.25) is 9.59 Å². The lowest BCUT2D eigenvalue weighted by molar-refractivity contribution is -0.119. The Hall–Kier alpha value is -3.26. The highest BCUT2D eigenvalue weighted by Crippen LogP contribution is 2.49. The van der Waals surface area contributed by atoms with Gasteiger partial charge in [0, 0.05) is 35.9 Å². The number of nitrogens with two attached hydrogens (primary N) is 1. The summed E-state index contributed by atoms with van der Waals surface area (Å²) in [6.07, 6.45) is 7.67. The fourth-order valence-corrected chi connectivity index (χ4v) is 4.39. The smallest absolute Gasteiger partial charge is 0.336 e. The van der Waals surface area contributed by atoms with Gasteiger partial charge in [0.1, 0.15) is 11.9 Å². The van der Waals surface area contributed by atoms with E-state index in [0.29, 0.717) is 17.0 Å². The lowest BCUT2D eigenvalue weighted by atomic mass is 9.67. The molecule has 0 amide bonds. The number of aromatic carboxylic acids is 1. The van der Waals surface area contributed by atoms with E-state index in [1.807, 2.05) is 0 Å². The number of thiocarbonyl (C=S) groups is 1. The number of carbonyl (C=O) groups excluding carboxylic acids is 2. The SMILES string of the molecule is NC(=S)Nc1ccc(C2C3C=CC(=O)C=C3OC3CC(=O)C=CC32)c(C(=O)O)c1. The lowest BCUT2D eigenvalue weighted by Gasteiger charge is -2.45. The molecule has 2 aliphatic carbocycles.